The summed E-state index contributed by atoms with van der Waals surface area (Å²) in [7, 11) is 3.13. The first-order valence-corrected chi connectivity index (χ1v) is 4.76. The van der Waals surface area contributed by atoms with Crippen LogP contribution in [0.15, 0.2) is 18.2 Å². The molecule has 0 spiro atoms. The molecule has 0 saturated heterocycles. The van der Waals surface area contributed by atoms with E-state index in [4.69, 9.17) is 15.2 Å². The molecule has 4 heteroatoms. The molecule has 84 valence electrons. The minimum atomic E-state index is -0.657. The van der Waals surface area contributed by atoms with Gasteiger partial charge in [0.2, 0.25) is 0 Å². The van der Waals surface area contributed by atoms with Gasteiger partial charge in [-0.3, -0.25) is 0 Å². The number of methoxy groups -OCH3 is 2. The summed E-state index contributed by atoms with van der Waals surface area (Å²) < 4.78 is 10.4. The second kappa shape index (κ2) is 5.00. The Hall–Kier alpha value is -1.26. The standard InChI is InChI=1S/C11H17NO3/c1-7(13)11(12)10-8(14-2)5-4-6-9(10)15-3/h4-7,11,13H,12H2,1-3H3/t7-,11-/m1/s1. The second-order valence-corrected chi connectivity index (χ2v) is 3.34. The lowest BCUT2D eigenvalue weighted by Crippen LogP contribution is -2.24. The van der Waals surface area contributed by atoms with Crippen LogP contribution in [0.2, 0.25) is 0 Å². The van der Waals surface area contributed by atoms with Crippen molar-refractivity contribution < 1.29 is 14.6 Å². The van der Waals surface area contributed by atoms with Crippen LogP contribution in [-0.2, 0) is 0 Å². The van der Waals surface area contributed by atoms with Crippen molar-refractivity contribution in [3.05, 3.63) is 23.8 Å². The van der Waals surface area contributed by atoms with Crippen LogP contribution < -0.4 is 15.2 Å². The molecule has 3 N–H and O–H groups in total. The quantitative estimate of drug-likeness (QED) is 0.782. The average molecular weight is 211 g/mol. The summed E-state index contributed by atoms with van der Waals surface area (Å²) in [5.41, 5.74) is 6.57. The van der Waals surface area contributed by atoms with E-state index < -0.39 is 12.1 Å². The van der Waals surface area contributed by atoms with Crippen molar-refractivity contribution in [2.24, 2.45) is 5.73 Å². The summed E-state index contributed by atoms with van der Waals surface area (Å²) in [4.78, 5) is 0. The molecule has 0 saturated carbocycles. The molecule has 0 bridgehead atoms. The van der Waals surface area contributed by atoms with Crippen molar-refractivity contribution in [3.63, 3.8) is 0 Å². The highest BCUT2D eigenvalue weighted by Crippen LogP contribution is 2.34. The minimum Gasteiger partial charge on any atom is -0.496 e. The van der Waals surface area contributed by atoms with Crippen molar-refractivity contribution in [1.29, 1.82) is 0 Å². The molecule has 2 atom stereocenters. The zero-order chi connectivity index (χ0) is 11.4. The topological polar surface area (TPSA) is 64.7 Å². The minimum absolute atomic E-state index is 0.518. The summed E-state index contributed by atoms with van der Waals surface area (Å²) in [6.07, 6.45) is -0.657. The van der Waals surface area contributed by atoms with E-state index >= 15 is 0 Å². The number of ether oxygens (including phenoxy) is 2. The molecule has 0 aliphatic carbocycles. The van der Waals surface area contributed by atoms with Gasteiger partial charge in [-0.15, -0.1) is 0 Å². The first kappa shape index (κ1) is 11.8. The summed E-state index contributed by atoms with van der Waals surface area (Å²) >= 11 is 0. The lowest BCUT2D eigenvalue weighted by atomic mass is 10.0. The van der Waals surface area contributed by atoms with Gasteiger partial charge >= 0.3 is 0 Å². The van der Waals surface area contributed by atoms with E-state index in [1.54, 1.807) is 33.3 Å². The van der Waals surface area contributed by atoms with Gasteiger partial charge in [0.25, 0.3) is 0 Å². The monoisotopic (exact) mass is 211 g/mol. The van der Waals surface area contributed by atoms with Gasteiger partial charge in [0.05, 0.1) is 31.9 Å². The van der Waals surface area contributed by atoms with Gasteiger partial charge in [0, 0.05) is 0 Å². The summed E-state index contributed by atoms with van der Waals surface area (Å²) in [6.45, 7) is 1.64. The fourth-order valence-electron chi connectivity index (χ4n) is 1.45. The third-order valence-corrected chi connectivity index (χ3v) is 2.32. The van der Waals surface area contributed by atoms with Crippen LogP contribution in [0.1, 0.15) is 18.5 Å². The summed E-state index contributed by atoms with van der Waals surface area (Å²) in [6, 6.07) is 4.88. The number of rotatable bonds is 4. The smallest absolute Gasteiger partial charge is 0.127 e. The largest absolute Gasteiger partial charge is 0.496 e. The highest BCUT2D eigenvalue weighted by molar-refractivity contribution is 5.47. The van der Waals surface area contributed by atoms with E-state index in [-0.39, 0.29) is 0 Å². The SMILES string of the molecule is COc1cccc(OC)c1[C@H](N)[C@@H](C)O. The molecular formula is C11H17NO3. The van der Waals surface area contributed by atoms with E-state index in [1.807, 2.05) is 6.07 Å². The molecule has 0 radical (unpaired) electrons. The van der Waals surface area contributed by atoms with Gasteiger partial charge in [-0.25, -0.2) is 0 Å². The Kier molecular flexibility index (Phi) is 3.94. The normalized spacial score (nSPS) is 14.5. The maximum absolute atomic E-state index is 9.48. The van der Waals surface area contributed by atoms with Crippen LogP contribution in [0.25, 0.3) is 0 Å². The zero-order valence-corrected chi connectivity index (χ0v) is 9.23. The Balaban J connectivity index is 3.21. The molecule has 15 heavy (non-hydrogen) atoms. The van der Waals surface area contributed by atoms with Crippen LogP contribution in [0, 0.1) is 0 Å². The zero-order valence-electron chi connectivity index (χ0n) is 9.23. The fraction of sp³-hybridized carbons (Fsp3) is 0.455. The maximum atomic E-state index is 9.48. The molecule has 0 aliphatic rings. The molecule has 0 heterocycles. The van der Waals surface area contributed by atoms with Crippen molar-refractivity contribution in [1.82, 2.24) is 0 Å². The molecule has 0 unspecified atom stereocenters. The van der Waals surface area contributed by atoms with Gasteiger partial charge < -0.3 is 20.3 Å². The number of aliphatic hydroxyl groups is 1. The number of hydrogen-bond donors (Lipinski definition) is 2. The van der Waals surface area contributed by atoms with Crippen molar-refractivity contribution in [2.75, 3.05) is 14.2 Å². The predicted octanol–water partition coefficient (Wildman–Crippen LogP) is 1.08. The molecule has 1 aromatic rings. The van der Waals surface area contributed by atoms with Gasteiger partial charge in [0.15, 0.2) is 0 Å². The first-order valence-electron chi connectivity index (χ1n) is 4.76. The third-order valence-electron chi connectivity index (χ3n) is 2.32. The molecule has 1 aromatic carbocycles. The lowest BCUT2D eigenvalue weighted by molar-refractivity contribution is 0.161. The van der Waals surface area contributed by atoms with Gasteiger partial charge in [0.1, 0.15) is 11.5 Å². The number of hydrogen-bond acceptors (Lipinski definition) is 4. The third kappa shape index (κ3) is 2.40. The second-order valence-electron chi connectivity index (χ2n) is 3.34. The van der Waals surface area contributed by atoms with Gasteiger partial charge in [-0.1, -0.05) is 6.07 Å². The van der Waals surface area contributed by atoms with Crippen LogP contribution in [0.4, 0.5) is 0 Å². The number of nitrogens with two attached hydrogens (primary N) is 1. The number of benzene rings is 1. The maximum Gasteiger partial charge on any atom is 0.127 e. The van der Waals surface area contributed by atoms with E-state index in [0.29, 0.717) is 17.1 Å². The average Bonchev–Trinajstić information content (AvgIpc) is 2.26. The van der Waals surface area contributed by atoms with Crippen LogP contribution in [0.5, 0.6) is 11.5 Å². The molecule has 4 nitrogen and oxygen atoms in total. The van der Waals surface area contributed by atoms with E-state index in [0.717, 1.165) is 0 Å². The Morgan fingerprint density at radius 1 is 1.20 bits per heavy atom. The summed E-state index contributed by atoms with van der Waals surface area (Å²) in [5.74, 6) is 1.26. The molecular weight excluding hydrogens is 194 g/mol. The molecule has 0 aliphatic heterocycles. The van der Waals surface area contributed by atoms with E-state index in [1.165, 1.54) is 0 Å². The van der Waals surface area contributed by atoms with Crippen molar-refractivity contribution in [3.8, 4) is 11.5 Å². The van der Waals surface area contributed by atoms with Gasteiger partial charge in [-0.2, -0.15) is 0 Å². The molecule has 0 fully saturated rings. The first-order chi connectivity index (χ1) is 7.11. The lowest BCUT2D eigenvalue weighted by Gasteiger charge is -2.20. The van der Waals surface area contributed by atoms with Crippen LogP contribution >= 0.6 is 0 Å². The van der Waals surface area contributed by atoms with E-state index in [2.05, 4.69) is 0 Å². The Morgan fingerprint density at radius 2 is 1.67 bits per heavy atom. The van der Waals surface area contributed by atoms with E-state index in [9.17, 15) is 5.11 Å². The highest BCUT2D eigenvalue weighted by atomic mass is 16.5. The fourth-order valence-corrected chi connectivity index (χ4v) is 1.45. The van der Waals surface area contributed by atoms with Crippen molar-refractivity contribution in [2.45, 2.75) is 19.1 Å². The highest BCUT2D eigenvalue weighted by Gasteiger charge is 2.20. The Bertz CT molecular complexity index is 303. The van der Waals surface area contributed by atoms with Crippen LogP contribution in [-0.4, -0.2) is 25.4 Å². The molecule has 0 aromatic heterocycles. The number of aliphatic hydroxyl groups excluding tert-OH is 1. The van der Waals surface area contributed by atoms with Gasteiger partial charge in [-0.05, 0) is 19.1 Å². The predicted molar refractivity (Wildman–Crippen MR) is 58.2 cm³/mol. The van der Waals surface area contributed by atoms with Crippen LogP contribution in [0.3, 0.4) is 0 Å². The molecule has 1 rings (SSSR count). The molecule has 0 amide bonds. The Labute approximate surface area is 89.6 Å². The summed E-state index contributed by atoms with van der Waals surface area (Å²) in [5, 5.41) is 9.48. The van der Waals surface area contributed by atoms with Crippen molar-refractivity contribution >= 4 is 0 Å². The Morgan fingerprint density at radius 3 is 2.00 bits per heavy atom.